The van der Waals surface area contributed by atoms with Crippen molar-refractivity contribution in [2.24, 2.45) is 0 Å². The van der Waals surface area contributed by atoms with Crippen molar-refractivity contribution in [1.82, 2.24) is 24.3 Å². The Labute approximate surface area is 208 Å². The highest BCUT2D eigenvalue weighted by atomic mass is 19.4. The van der Waals surface area contributed by atoms with Crippen molar-refractivity contribution < 1.29 is 32.6 Å². The molecule has 3 heterocycles. The van der Waals surface area contributed by atoms with E-state index in [1.165, 1.54) is 0 Å². The lowest BCUT2D eigenvalue weighted by molar-refractivity contribution is -0.192. The van der Waals surface area contributed by atoms with Gasteiger partial charge in [0.25, 0.3) is 0 Å². The molecule has 0 aromatic carbocycles. The number of fused-ring (bicyclic) bond motifs is 1. The zero-order valence-electron chi connectivity index (χ0n) is 21.5. The number of piperidine rings is 1. The SMILES string of the molecule is COCCN(C)c1nc(C2CCN(C(=O)N(C)C)CC2)cc2c1ncn2C(C)C.O=C(O)C(F)(F)F. The van der Waals surface area contributed by atoms with Crippen LogP contribution in [0.25, 0.3) is 11.0 Å². The topological polar surface area (TPSA) is 104 Å². The van der Waals surface area contributed by atoms with E-state index in [4.69, 9.17) is 19.6 Å². The van der Waals surface area contributed by atoms with E-state index in [-0.39, 0.29) is 6.03 Å². The molecular formula is C23H35F3N6O4. The number of hydrogen-bond donors (Lipinski definition) is 1. The number of rotatable bonds is 6. The fraction of sp³-hybridized carbons (Fsp3) is 0.652. The molecule has 1 aliphatic rings. The average Bonchev–Trinajstić information content (AvgIpc) is 3.25. The maximum Gasteiger partial charge on any atom is 0.490 e. The third kappa shape index (κ3) is 7.21. The first-order valence-corrected chi connectivity index (χ1v) is 11.6. The van der Waals surface area contributed by atoms with E-state index < -0.39 is 12.1 Å². The minimum absolute atomic E-state index is 0.0877. The molecule has 36 heavy (non-hydrogen) atoms. The van der Waals surface area contributed by atoms with Crippen LogP contribution in [0.4, 0.5) is 23.8 Å². The minimum Gasteiger partial charge on any atom is -0.475 e. The van der Waals surface area contributed by atoms with Crippen molar-refractivity contribution >= 4 is 28.9 Å². The lowest BCUT2D eigenvalue weighted by Crippen LogP contribution is -2.43. The molecule has 1 aliphatic heterocycles. The maximum absolute atomic E-state index is 12.3. The molecule has 0 radical (unpaired) electrons. The van der Waals surface area contributed by atoms with Crippen LogP contribution in [0.2, 0.25) is 0 Å². The second-order valence-electron chi connectivity index (χ2n) is 9.14. The first-order valence-electron chi connectivity index (χ1n) is 11.6. The molecule has 1 fully saturated rings. The van der Waals surface area contributed by atoms with Gasteiger partial charge in [-0.3, -0.25) is 0 Å². The van der Waals surface area contributed by atoms with E-state index in [1.807, 2.05) is 18.3 Å². The van der Waals surface area contributed by atoms with Gasteiger partial charge in [0.05, 0.1) is 18.5 Å². The quantitative estimate of drug-likeness (QED) is 0.626. The van der Waals surface area contributed by atoms with Gasteiger partial charge < -0.3 is 29.1 Å². The summed E-state index contributed by atoms with van der Waals surface area (Å²) in [5.41, 5.74) is 3.15. The van der Waals surface area contributed by atoms with E-state index in [2.05, 4.69) is 34.4 Å². The Hall–Kier alpha value is -3.09. The van der Waals surface area contributed by atoms with Gasteiger partial charge >= 0.3 is 18.2 Å². The Balaban J connectivity index is 0.000000572. The molecule has 3 rings (SSSR count). The van der Waals surface area contributed by atoms with Crippen molar-refractivity contribution in [3.05, 3.63) is 18.1 Å². The fourth-order valence-corrected chi connectivity index (χ4v) is 3.90. The van der Waals surface area contributed by atoms with Crippen LogP contribution >= 0.6 is 0 Å². The number of ether oxygens (including phenoxy) is 1. The number of carbonyl (C=O) groups is 2. The standard InChI is InChI=1S/C21H34N6O2.C2HF3O2/c1-15(2)27-14-22-19-18(27)13-17(23-20(19)25(5)11-12-29-6)16-7-9-26(10-8-16)21(28)24(3)4;3-2(4,5)1(6)7/h13-16H,7-12H2,1-6H3;(H,6,7). The number of hydrogen-bond acceptors (Lipinski definition) is 6. The Kier molecular flexibility index (Phi) is 9.91. The molecule has 0 bridgehead atoms. The number of carboxylic acid groups (broad SMARTS) is 1. The second kappa shape index (κ2) is 12.2. The van der Waals surface area contributed by atoms with Gasteiger partial charge in [-0.05, 0) is 32.8 Å². The predicted octanol–water partition coefficient (Wildman–Crippen LogP) is 3.59. The second-order valence-corrected chi connectivity index (χ2v) is 9.14. The fourth-order valence-electron chi connectivity index (χ4n) is 3.90. The van der Waals surface area contributed by atoms with Gasteiger partial charge in [-0.25, -0.2) is 19.6 Å². The number of urea groups is 1. The highest BCUT2D eigenvalue weighted by molar-refractivity contribution is 5.87. The smallest absolute Gasteiger partial charge is 0.475 e. The number of aliphatic carboxylic acids is 1. The van der Waals surface area contributed by atoms with Crippen LogP contribution in [0.3, 0.4) is 0 Å². The molecule has 2 aromatic rings. The van der Waals surface area contributed by atoms with Gasteiger partial charge in [-0.1, -0.05) is 0 Å². The third-order valence-electron chi connectivity index (χ3n) is 5.92. The monoisotopic (exact) mass is 516 g/mol. The number of imidazole rings is 1. The van der Waals surface area contributed by atoms with Crippen LogP contribution < -0.4 is 4.90 Å². The largest absolute Gasteiger partial charge is 0.490 e. The molecule has 0 unspecified atom stereocenters. The Bertz CT molecular complexity index is 1030. The van der Waals surface area contributed by atoms with E-state index in [9.17, 15) is 18.0 Å². The molecule has 13 heteroatoms. The number of halogens is 3. The number of nitrogens with zero attached hydrogens (tertiary/aromatic N) is 6. The summed E-state index contributed by atoms with van der Waals surface area (Å²) in [6.07, 6.45) is -1.32. The number of alkyl halides is 3. The molecule has 1 N–H and O–H groups in total. The number of likely N-dealkylation sites (tertiary alicyclic amines) is 1. The van der Waals surface area contributed by atoms with Crippen LogP contribution in [-0.2, 0) is 9.53 Å². The van der Waals surface area contributed by atoms with Gasteiger partial charge in [0.15, 0.2) is 5.82 Å². The molecule has 2 aromatic heterocycles. The van der Waals surface area contributed by atoms with Gasteiger partial charge in [-0.2, -0.15) is 13.2 Å². The molecule has 2 amide bonds. The van der Waals surface area contributed by atoms with Crippen LogP contribution in [0.5, 0.6) is 0 Å². The molecule has 0 atom stereocenters. The van der Waals surface area contributed by atoms with Crippen LogP contribution in [-0.4, -0.2) is 102 Å². The van der Waals surface area contributed by atoms with Crippen molar-refractivity contribution in [3.8, 4) is 0 Å². The third-order valence-corrected chi connectivity index (χ3v) is 5.92. The molecule has 0 aliphatic carbocycles. The minimum atomic E-state index is -5.08. The Morgan fingerprint density at radius 1 is 1.22 bits per heavy atom. The summed E-state index contributed by atoms with van der Waals surface area (Å²) in [6, 6.07) is 2.61. The average molecular weight is 517 g/mol. The van der Waals surface area contributed by atoms with Crippen molar-refractivity contribution in [2.45, 2.75) is 44.8 Å². The van der Waals surface area contributed by atoms with Crippen LogP contribution in [0.1, 0.15) is 44.3 Å². The highest BCUT2D eigenvalue weighted by Crippen LogP contribution is 2.33. The number of carboxylic acids is 1. The molecule has 0 spiro atoms. The molecule has 1 saturated heterocycles. The Morgan fingerprint density at radius 2 is 1.81 bits per heavy atom. The van der Waals surface area contributed by atoms with Crippen molar-refractivity contribution in [1.29, 1.82) is 0 Å². The molecular weight excluding hydrogens is 481 g/mol. The zero-order valence-corrected chi connectivity index (χ0v) is 21.5. The number of anilines is 1. The summed E-state index contributed by atoms with van der Waals surface area (Å²) in [6.45, 7) is 7.26. The van der Waals surface area contributed by atoms with Gasteiger partial charge in [0.1, 0.15) is 5.52 Å². The highest BCUT2D eigenvalue weighted by Gasteiger charge is 2.38. The van der Waals surface area contributed by atoms with Crippen molar-refractivity contribution in [2.75, 3.05) is 59.4 Å². The lowest BCUT2D eigenvalue weighted by atomic mass is 9.93. The molecule has 0 saturated carbocycles. The first kappa shape index (κ1) is 29.1. The van der Waals surface area contributed by atoms with Gasteiger partial charge in [-0.15, -0.1) is 0 Å². The van der Waals surface area contributed by atoms with Gasteiger partial charge in [0, 0.05) is 65.5 Å². The summed E-state index contributed by atoms with van der Waals surface area (Å²) >= 11 is 0. The van der Waals surface area contributed by atoms with Gasteiger partial charge in [0.2, 0.25) is 0 Å². The first-order chi connectivity index (χ1) is 16.8. The number of pyridine rings is 1. The predicted molar refractivity (Wildman–Crippen MR) is 129 cm³/mol. The normalized spacial score (nSPS) is 14.6. The van der Waals surface area contributed by atoms with Crippen LogP contribution in [0, 0.1) is 0 Å². The van der Waals surface area contributed by atoms with Crippen molar-refractivity contribution in [3.63, 3.8) is 0 Å². The summed E-state index contributed by atoms with van der Waals surface area (Å²) in [5.74, 6) is -1.51. The lowest BCUT2D eigenvalue weighted by Gasteiger charge is -2.33. The van der Waals surface area contributed by atoms with E-state index in [1.54, 1.807) is 26.1 Å². The number of amides is 2. The van der Waals surface area contributed by atoms with E-state index in [0.717, 1.165) is 55.0 Å². The van der Waals surface area contributed by atoms with E-state index in [0.29, 0.717) is 18.6 Å². The summed E-state index contributed by atoms with van der Waals surface area (Å²) in [7, 11) is 7.36. The molecule has 10 nitrogen and oxygen atoms in total. The number of likely N-dealkylation sites (N-methyl/N-ethyl adjacent to an activating group) is 1. The number of aromatic nitrogens is 3. The van der Waals surface area contributed by atoms with E-state index >= 15 is 0 Å². The summed E-state index contributed by atoms with van der Waals surface area (Å²) in [5, 5.41) is 7.12. The molecule has 202 valence electrons. The Morgan fingerprint density at radius 3 is 2.28 bits per heavy atom. The summed E-state index contributed by atoms with van der Waals surface area (Å²) in [4.78, 5) is 36.6. The number of carbonyl (C=O) groups excluding carboxylic acids is 1. The maximum atomic E-state index is 12.3. The summed E-state index contributed by atoms with van der Waals surface area (Å²) < 4.78 is 39.2. The number of methoxy groups -OCH3 is 1. The zero-order chi connectivity index (χ0) is 27.2. The van der Waals surface area contributed by atoms with Crippen LogP contribution in [0.15, 0.2) is 12.4 Å².